The number of carbonyl (C=O) groups is 2. The minimum absolute atomic E-state index is 0.0644. The van der Waals surface area contributed by atoms with Gasteiger partial charge in [-0.3, -0.25) is 19.4 Å². The van der Waals surface area contributed by atoms with Crippen LogP contribution in [0, 0.1) is 18.6 Å². The van der Waals surface area contributed by atoms with Crippen molar-refractivity contribution in [3.05, 3.63) is 76.4 Å². The van der Waals surface area contributed by atoms with Gasteiger partial charge in [-0.1, -0.05) is 30.0 Å². The third-order valence-electron chi connectivity index (χ3n) is 5.93. The van der Waals surface area contributed by atoms with Crippen LogP contribution < -0.4 is 5.48 Å². The fourth-order valence-corrected chi connectivity index (χ4v) is 5.27. The standard InChI is InChI=1S/C23H21F2N5O3S/c1-13-5-6-14(19(25)18(13)24)20-21-15(27-23-30(21)10-11-34-23)7-9-29(20)17(31)12-33-28-22(32)16-4-2-3-8-26-16/h2-6,8,20H,7,9-12H2,1H3,(H,28,32). The van der Waals surface area contributed by atoms with Crippen molar-refractivity contribution in [2.45, 2.75) is 31.1 Å². The number of nitrogens with zero attached hydrogens (tertiary/aromatic N) is 4. The molecule has 5 rings (SSSR count). The van der Waals surface area contributed by atoms with Gasteiger partial charge in [-0.25, -0.2) is 19.2 Å². The summed E-state index contributed by atoms with van der Waals surface area (Å²) in [6.07, 6.45) is 1.95. The molecule has 34 heavy (non-hydrogen) atoms. The number of benzene rings is 1. The van der Waals surface area contributed by atoms with Crippen LogP contribution in [0.25, 0.3) is 0 Å². The number of amides is 2. The Morgan fingerprint density at radius 3 is 2.85 bits per heavy atom. The van der Waals surface area contributed by atoms with E-state index in [2.05, 4.69) is 15.4 Å². The Balaban J connectivity index is 1.42. The summed E-state index contributed by atoms with van der Waals surface area (Å²) < 4.78 is 31.6. The maximum atomic E-state index is 15.1. The molecule has 0 fully saturated rings. The summed E-state index contributed by atoms with van der Waals surface area (Å²) in [5, 5.41) is 0.816. The van der Waals surface area contributed by atoms with Gasteiger partial charge in [-0.05, 0) is 24.6 Å². The number of imidazole rings is 1. The van der Waals surface area contributed by atoms with Crippen LogP contribution >= 0.6 is 11.8 Å². The minimum Gasteiger partial charge on any atom is -0.327 e. The number of hydrogen-bond acceptors (Lipinski definition) is 6. The third-order valence-corrected chi connectivity index (χ3v) is 6.89. The van der Waals surface area contributed by atoms with E-state index in [1.807, 2.05) is 4.57 Å². The fraction of sp³-hybridized carbons (Fsp3) is 0.304. The summed E-state index contributed by atoms with van der Waals surface area (Å²) >= 11 is 1.60. The topological polar surface area (TPSA) is 89.4 Å². The van der Waals surface area contributed by atoms with Gasteiger partial charge in [-0.15, -0.1) is 0 Å². The maximum absolute atomic E-state index is 15.1. The van der Waals surface area contributed by atoms with E-state index in [0.717, 1.165) is 16.6 Å². The van der Waals surface area contributed by atoms with E-state index in [0.29, 0.717) is 18.7 Å². The number of carbonyl (C=O) groups excluding carboxylic acids is 2. The van der Waals surface area contributed by atoms with Gasteiger partial charge in [0.25, 0.3) is 11.8 Å². The molecule has 176 valence electrons. The molecule has 8 nitrogen and oxygen atoms in total. The molecule has 1 atom stereocenters. The second-order valence-electron chi connectivity index (χ2n) is 8.00. The number of halogens is 2. The van der Waals surface area contributed by atoms with Gasteiger partial charge >= 0.3 is 0 Å². The van der Waals surface area contributed by atoms with Crippen LogP contribution in [0.3, 0.4) is 0 Å². The molecule has 0 saturated heterocycles. The Labute approximate surface area is 198 Å². The Bertz CT molecular complexity index is 1270. The number of aromatic nitrogens is 3. The molecule has 0 saturated carbocycles. The number of hydrogen-bond donors (Lipinski definition) is 1. The predicted molar refractivity (Wildman–Crippen MR) is 119 cm³/mol. The van der Waals surface area contributed by atoms with Crippen molar-refractivity contribution in [3.63, 3.8) is 0 Å². The van der Waals surface area contributed by atoms with Crippen LogP contribution in [0.5, 0.6) is 0 Å². The minimum atomic E-state index is -0.985. The molecule has 2 aliphatic heterocycles. The normalized spacial score (nSPS) is 16.8. The summed E-state index contributed by atoms with van der Waals surface area (Å²) in [4.78, 5) is 40.5. The number of hydroxylamine groups is 1. The van der Waals surface area contributed by atoms with Gasteiger partial charge in [0, 0.05) is 37.0 Å². The van der Waals surface area contributed by atoms with Crippen molar-refractivity contribution in [2.75, 3.05) is 18.9 Å². The lowest BCUT2D eigenvalue weighted by molar-refractivity contribution is -0.140. The van der Waals surface area contributed by atoms with Gasteiger partial charge in [-0.2, -0.15) is 0 Å². The lowest BCUT2D eigenvalue weighted by Crippen LogP contribution is -2.44. The molecule has 3 aromatic rings. The van der Waals surface area contributed by atoms with Crippen LogP contribution in [0.1, 0.15) is 39.0 Å². The molecule has 0 aliphatic carbocycles. The number of pyridine rings is 1. The SMILES string of the molecule is Cc1ccc(C2c3c(nc4n3CCS4)CCN2C(=O)CONC(=O)c2ccccn2)c(F)c1F. The summed E-state index contributed by atoms with van der Waals surface area (Å²) in [5.41, 5.74) is 4.06. The summed E-state index contributed by atoms with van der Waals surface area (Å²) in [6, 6.07) is 6.99. The summed E-state index contributed by atoms with van der Waals surface area (Å²) in [6.45, 7) is 1.94. The Kier molecular flexibility index (Phi) is 6.05. The maximum Gasteiger partial charge on any atom is 0.293 e. The van der Waals surface area contributed by atoms with Gasteiger partial charge in [0.15, 0.2) is 23.4 Å². The smallest absolute Gasteiger partial charge is 0.293 e. The van der Waals surface area contributed by atoms with Crippen LogP contribution in [-0.4, -0.2) is 50.2 Å². The molecule has 0 bridgehead atoms. The highest BCUT2D eigenvalue weighted by atomic mass is 32.2. The molecule has 0 radical (unpaired) electrons. The highest BCUT2D eigenvalue weighted by Crippen LogP contribution is 2.41. The lowest BCUT2D eigenvalue weighted by atomic mass is 9.93. The molecule has 2 aliphatic rings. The third kappa shape index (κ3) is 3.94. The first-order chi connectivity index (χ1) is 16.5. The van der Waals surface area contributed by atoms with Crippen molar-refractivity contribution < 1.29 is 23.2 Å². The largest absolute Gasteiger partial charge is 0.327 e. The number of thioether (sulfide) groups is 1. The average Bonchev–Trinajstić information content (AvgIpc) is 3.44. The molecular formula is C23H21F2N5O3S. The van der Waals surface area contributed by atoms with Gasteiger partial charge in [0.05, 0.1) is 11.4 Å². The van der Waals surface area contributed by atoms with Crippen molar-refractivity contribution in [2.24, 2.45) is 0 Å². The van der Waals surface area contributed by atoms with E-state index in [-0.39, 0.29) is 23.4 Å². The zero-order valence-corrected chi connectivity index (χ0v) is 19.1. The van der Waals surface area contributed by atoms with E-state index in [9.17, 15) is 14.0 Å². The average molecular weight is 486 g/mol. The lowest BCUT2D eigenvalue weighted by Gasteiger charge is -2.36. The first kappa shape index (κ1) is 22.5. The second kappa shape index (κ2) is 9.15. The quantitative estimate of drug-likeness (QED) is 0.559. The first-order valence-electron chi connectivity index (χ1n) is 10.7. The van der Waals surface area contributed by atoms with Crippen LogP contribution in [-0.2, 0) is 22.6 Å². The molecule has 1 N–H and O–H groups in total. The Hall–Kier alpha value is -3.31. The highest BCUT2D eigenvalue weighted by Gasteiger charge is 2.39. The van der Waals surface area contributed by atoms with Crippen LogP contribution in [0.4, 0.5) is 8.78 Å². The van der Waals surface area contributed by atoms with Crippen LogP contribution in [0.15, 0.2) is 41.7 Å². The van der Waals surface area contributed by atoms with E-state index < -0.39 is 36.1 Å². The van der Waals surface area contributed by atoms with Gasteiger partial charge in [0.2, 0.25) is 0 Å². The predicted octanol–water partition coefficient (Wildman–Crippen LogP) is 2.81. The zero-order valence-electron chi connectivity index (χ0n) is 18.3. The van der Waals surface area contributed by atoms with Crippen LogP contribution in [0.2, 0.25) is 0 Å². The van der Waals surface area contributed by atoms with Crippen molar-refractivity contribution >= 4 is 23.6 Å². The molecule has 1 aromatic carbocycles. The second-order valence-corrected chi connectivity index (χ2v) is 9.06. The zero-order chi connectivity index (χ0) is 23.8. The Morgan fingerprint density at radius 2 is 2.06 bits per heavy atom. The molecule has 1 unspecified atom stereocenters. The number of aryl methyl sites for hydroxylation is 1. The molecule has 2 amide bonds. The highest BCUT2D eigenvalue weighted by molar-refractivity contribution is 7.99. The fourth-order valence-electron chi connectivity index (χ4n) is 4.29. The number of fused-ring (bicyclic) bond motifs is 3. The Morgan fingerprint density at radius 1 is 1.21 bits per heavy atom. The van der Waals surface area contributed by atoms with Crippen molar-refractivity contribution in [3.8, 4) is 0 Å². The van der Waals surface area contributed by atoms with E-state index in [1.54, 1.807) is 23.9 Å². The summed E-state index contributed by atoms with van der Waals surface area (Å²) in [5.74, 6) is -2.17. The number of rotatable bonds is 5. The molecule has 0 spiro atoms. The first-order valence-corrected chi connectivity index (χ1v) is 11.7. The molecule has 4 heterocycles. The van der Waals surface area contributed by atoms with E-state index in [1.165, 1.54) is 36.2 Å². The van der Waals surface area contributed by atoms with E-state index in [4.69, 9.17) is 4.84 Å². The van der Waals surface area contributed by atoms with Crippen molar-refractivity contribution in [1.29, 1.82) is 0 Å². The van der Waals surface area contributed by atoms with E-state index >= 15 is 4.39 Å². The van der Waals surface area contributed by atoms with Gasteiger partial charge < -0.3 is 9.47 Å². The summed E-state index contributed by atoms with van der Waals surface area (Å²) in [7, 11) is 0. The molecule has 11 heteroatoms. The molecule has 2 aromatic heterocycles. The monoisotopic (exact) mass is 485 g/mol. The molecular weight excluding hydrogens is 464 g/mol. The number of nitrogens with one attached hydrogen (secondary N) is 1. The van der Waals surface area contributed by atoms with Gasteiger partial charge in [0.1, 0.15) is 11.7 Å². The van der Waals surface area contributed by atoms with Crippen molar-refractivity contribution in [1.82, 2.24) is 24.9 Å².